The van der Waals surface area contributed by atoms with E-state index in [1.54, 1.807) is 4.90 Å². The molecule has 1 fully saturated rings. The third-order valence-electron chi connectivity index (χ3n) is 3.01. The van der Waals surface area contributed by atoms with Crippen molar-refractivity contribution in [2.45, 2.75) is 52.1 Å². The average molecular weight is 245 g/mol. The van der Waals surface area contributed by atoms with Crippen molar-refractivity contribution in [2.24, 2.45) is 5.92 Å². The van der Waals surface area contributed by atoms with E-state index in [2.05, 4.69) is 0 Å². The summed E-state index contributed by atoms with van der Waals surface area (Å²) in [5.41, 5.74) is -0.428. The summed E-state index contributed by atoms with van der Waals surface area (Å²) in [7, 11) is 0. The molecule has 1 rings (SSSR count). The predicted octanol–water partition coefficient (Wildman–Crippen LogP) is 3.38. The van der Waals surface area contributed by atoms with Gasteiger partial charge in [0.15, 0.2) is 0 Å². The van der Waals surface area contributed by atoms with Gasteiger partial charge in [-0.1, -0.05) is 0 Å². The maximum Gasteiger partial charge on any atom is 0.410 e. The lowest BCUT2D eigenvalue weighted by Crippen LogP contribution is -2.41. The maximum atomic E-state index is 12.1. The Balaban J connectivity index is 2.29. The molecule has 17 heavy (non-hydrogen) atoms. The van der Waals surface area contributed by atoms with Gasteiger partial charge in [-0.3, -0.25) is 4.39 Å². The topological polar surface area (TPSA) is 29.5 Å². The minimum absolute atomic E-state index is 0.221. The highest BCUT2D eigenvalue weighted by atomic mass is 19.1. The van der Waals surface area contributed by atoms with Crippen LogP contribution in [0.4, 0.5) is 9.18 Å². The number of alkyl halides is 1. The predicted molar refractivity (Wildman–Crippen MR) is 65.7 cm³/mol. The zero-order chi connectivity index (χ0) is 12.9. The molecule has 1 saturated heterocycles. The second-order valence-electron chi connectivity index (χ2n) is 5.74. The van der Waals surface area contributed by atoms with Gasteiger partial charge in [0.25, 0.3) is 0 Å². The van der Waals surface area contributed by atoms with E-state index >= 15 is 0 Å². The molecule has 1 amide bonds. The van der Waals surface area contributed by atoms with Crippen LogP contribution < -0.4 is 0 Å². The second kappa shape index (κ2) is 6.22. The van der Waals surface area contributed by atoms with Crippen molar-refractivity contribution in [3.63, 3.8) is 0 Å². The van der Waals surface area contributed by atoms with Crippen LogP contribution in [-0.4, -0.2) is 36.4 Å². The van der Waals surface area contributed by atoms with Crippen molar-refractivity contribution in [1.29, 1.82) is 0 Å². The van der Waals surface area contributed by atoms with E-state index < -0.39 is 5.60 Å². The third kappa shape index (κ3) is 5.37. The van der Waals surface area contributed by atoms with E-state index in [1.165, 1.54) is 0 Å². The first-order chi connectivity index (χ1) is 7.92. The van der Waals surface area contributed by atoms with Gasteiger partial charge in [-0.25, -0.2) is 4.79 Å². The normalized spacial score (nSPS) is 18.2. The number of carbonyl (C=O) groups is 1. The van der Waals surface area contributed by atoms with Crippen molar-refractivity contribution < 1.29 is 13.9 Å². The van der Waals surface area contributed by atoms with Gasteiger partial charge < -0.3 is 9.64 Å². The Morgan fingerprint density at radius 2 is 1.94 bits per heavy atom. The number of halogens is 1. The fourth-order valence-corrected chi connectivity index (χ4v) is 2.10. The molecule has 0 aromatic carbocycles. The fourth-order valence-electron chi connectivity index (χ4n) is 2.10. The van der Waals surface area contributed by atoms with Gasteiger partial charge in [0, 0.05) is 13.1 Å². The Kier molecular flexibility index (Phi) is 5.22. The van der Waals surface area contributed by atoms with Crippen LogP contribution in [0.3, 0.4) is 0 Å². The highest BCUT2D eigenvalue weighted by Gasteiger charge is 2.26. The molecule has 0 N–H and O–H groups in total. The molecule has 0 unspecified atom stereocenters. The Hall–Kier alpha value is -0.800. The van der Waals surface area contributed by atoms with E-state index in [0.29, 0.717) is 12.3 Å². The smallest absolute Gasteiger partial charge is 0.410 e. The molecule has 0 aliphatic carbocycles. The molecule has 0 aromatic rings. The van der Waals surface area contributed by atoms with Crippen LogP contribution in [0.5, 0.6) is 0 Å². The molecule has 0 spiro atoms. The van der Waals surface area contributed by atoms with E-state index in [4.69, 9.17) is 4.74 Å². The Morgan fingerprint density at radius 1 is 1.35 bits per heavy atom. The molecule has 0 bridgehead atoms. The molecule has 4 heteroatoms. The van der Waals surface area contributed by atoms with Gasteiger partial charge in [-0.2, -0.15) is 0 Å². The number of likely N-dealkylation sites (tertiary alicyclic amines) is 1. The zero-order valence-corrected chi connectivity index (χ0v) is 11.2. The monoisotopic (exact) mass is 245 g/mol. The molecule has 0 aromatic heterocycles. The summed E-state index contributed by atoms with van der Waals surface area (Å²) < 4.78 is 17.4. The van der Waals surface area contributed by atoms with Crippen LogP contribution in [0.2, 0.25) is 0 Å². The van der Waals surface area contributed by atoms with Crippen LogP contribution in [0.1, 0.15) is 46.5 Å². The summed E-state index contributed by atoms with van der Waals surface area (Å²) in [4.78, 5) is 13.5. The van der Waals surface area contributed by atoms with Crippen molar-refractivity contribution in [3.05, 3.63) is 0 Å². The number of hydrogen-bond acceptors (Lipinski definition) is 2. The number of hydrogen-bond donors (Lipinski definition) is 0. The molecule has 1 aliphatic rings. The van der Waals surface area contributed by atoms with Crippen molar-refractivity contribution in [2.75, 3.05) is 19.8 Å². The highest BCUT2D eigenvalue weighted by Crippen LogP contribution is 2.23. The summed E-state index contributed by atoms with van der Waals surface area (Å²) in [6.07, 6.45) is 3.32. The molecule has 3 nitrogen and oxygen atoms in total. The first kappa shape index (κ1) is 14.3. The minimum atomic E-state index is -0.428. The van der Waals surface area contributed by atoms with E-state index in [9.17, 15) is 9.18 Å². The number of piperidine rings is 1. The summed E-state index contributed by atoms with van der Waals surface area (Å²) in [5, 5.41) is 0. The summed E-state index contributed by atoms with van der Waals surface area (Å²) in [6.45, 7) is 6.88. The van der Waals surface area contributed by atoms with Gasteiger partial charge >= 0.3 is 6.09 Å². The molecule has 0 saturated carbocycles. The highest BCUT2D eigenvalue weighted by molar-refractivity contribution is 5.68. The van der Waals surface area contributed by atoms with Crippen LogP contribution in [-0.2, 0) is 4.74 Å². The molecule has 100 valence electrons. The molecular weight excluding hydrogens is 221 g/mol. The number of ether oxygens (including phenoxy) is 1. The Bertz CT molecular complexity index is 242. The van der Waals surface area contributed by atoms with E-state index in [0.717, 1.165) is 32.4 Å². The Morgan fingerprint density at radius 3 is 2.41 bits per heavy atom. The van der Waals surface area contributed by atoms with Crippen molar-refractivity contribution in [1.82, 2.24) is 4.90 Å². The molecule has 1 aliphatic heterocycles. The Labute approximate surface area is 103 Å². The summed E-state index contributed by atoms with van der Waals surface area (Å²) in [5.74, 6) is 0.574. The zero-order valence-electron chi connectivity index (χ0n) is 11.2. The third-order valence-corrected chi connectivity index (χ3v) is 3.01. The lowest BCUT2D eigenvalue weighted by Gasteiger charge is -2.33. The van der Waals surface area contributed by atoms with Crippen molar-refractivity contribution >= 4 is 6.09 Å². The molecule has 0 radical (unpaired) electrons. The largest absolute Gasteiger partial charge is 0.444 e. The van der Waals surface area contributed by atoms with Crippen LogP contribution >= 0.6 is 0 Å². The van der Waals surface area contributed by atoms with Gasteiger partial charge in [0.2, 0.25) is 0 Å². The molecule has 1 heterocycles. The number of amides is 1. The lowest BCUT2D eigenvalue weighted by molar-refractivity contribution is 0.0180. The van der Waals surface area contributed by atoms with Gasteiger partial charge in [0.05, 0.1) is 6.67 Å². The first-order valence-electron chi connectivity index (χ1n) is 6.46. The SMILES string of the molecule is CC(C)(C)OC(=O)N1CCC(CCCF)CC1. The van der Waals surface area contributed by atoms with Gasteiger partial charge in [-0.05, 0) is 52.4 Å². The van der Waals surface area contributed by atoms with Crippen LogP contribution in [0, 0.1) is 5.92 Å². The number of carbonyl (C=O) groups excluding carboxylic acids is 1. The lowest BCUT2D eigenvalue weighted by atomic mass is 9.93. The van der Waals surface area contributed by atoms with Crippen molar-refractivity contribution in [3.8, 4) is 0 Å². The number of rotatable bonds is 3. The average Bonchev–Trinajstić information content (AvgIpc) is 2.24. The minimum Gasteiger partial charge on any atom is -0.444 e. The summed E-state index contributed by atoms with van der Waals surface area (Å²) in [6, 6.07) is 0. The van der Waals surface area contributed by atoms with Crippen LogP contribution in [0.25, 0.3) is 0 Å². The van der Waals surface area contributed by atoms with Gasteiger partial charge in [-0.15, -0.1) is 0 Å². The molecular formula is C13H24FNO2. The van der Waals surface area contributed by atoms with Gasteiger partial charge in [0.1, 0.15) is 5.60 Å². The van der Waals surface area contributed by atoms with E-state index in [-0.39, 0.29) is 12.8 Å². The first-order valence-corrected chi connectivity index (χ1v) is 6.46. The second-order valence-corrected chi connectivity index (χ2v) is 5.74. The maximum absolute atomic E-state index is 12.1. The summed E-state index contributed by atoms with van der Waals surface area (Å²) >= 11 is 0. The van der Waals surface area contributed by atoms with Crippen LogP contribution in [0.15, 0.2) is 0 Å². The van der Waals surface area contributed by atoms with E-state index in [1.807, 2.05) is 20.8 Å². The standard InChI is InChI=1S/C13H24FNO2/c1-13(2,3)17-12(16)15-9-6-11(7-10-15)5-4-8-14/h11H,4-10H2,1-3H3. The number of nitrogens with zero attached hydrogens (tertiary/aromatic N) is 1. The molecule has 0 atom stereocenters. The quantitative estimate of drug-likeness (QED) is 0.762. The fraction of sp³-hybridized carbons (Fsp3) is 0.923.